The molecular weight excluding hydrogens is 222 g/mol. The third kappa shape index (κ3) is 2.43. The van der Waals surface area contributed by atoms with E-state index in [0.29, 0.717) is 4.90 Å². The summed E-state index contributed by atoms with van der Waals surface area (Å²) < 4.78 is 25.4. The van der Waals surface area contributed by atoms with Crippen molar-refractivity contribution in [2.24, 2.45) is 0 Å². The van der Waals surface area contributed by atoms with E-state index in [-0.39, 0.29) is 6.54 Å². The lowest BCUT2D eigenvalue weighted by atomic mass is 10.2. The van der Waals surface area contributed by atoms with Crippen molar-refractivity contribution in [2.75, 3.05) is 13.6 Å². The number of hydrogen-bond donors (Lipinski definition) is 0. The number of aryl methyl sites for hydroxylation is 2. The van der Waals surface area contributed by atoms with Gasteiger partial charge in [0.2, 0.25) is 10.0 Å². The Morgan fingerprint density at radius 1 is 1.38 bits per heavy atom. The van der Waals surface area contributed by atoms with E-state index in [4.69, 9.17) is 6.42 Å². The van der Waals surface area contributed by atoms with E-state index >= 15 is 0 Å². The lowest BCUT2D eigenvalue weighted by Gasteiger charge is -2.16. The normalized spacial score (nSPS) is 11.4. The van der Waals surface area contributed by atoms with Crippen LogP contribution in [-0.4, -0.2) is 26.3 Å². The van der Waals surface area contributed by atoms with Crippen LogP contribution in [0.1, 0.15) is 11.1 Å². The summed E-state index contributed by atoms with van der Waals surface area (Å²) in [4.78, 5) is 0.324. The Labute approximate surface area is 97.1 Å². The van der Waals surface area contributed by atoms with Crippen LogP contribution in [0.3, 0.4) is 0 Å². The van der Waals surface area contributed by atoms with Crippen molar-refractivity contribution in [3.63, 3.8) is 0 Å². The maximum atomic E-state index is 12.1. The first-order valence-corrected chi connectivity index (χ1v) is 6.30. The summed E-state index contributed by atoms with van der Waals surface area (Å²) in [5, 5.41) is 0. The molecule has 0 fully saturated rings. The van der Waals surface area contributed by atoms with E-state index in [2.05, 4.69) is 5.92 Å². The van der Waals surface area contributed by atoms with Crippen LogP contribution in [-0.2, 0) is 10.0 Å². The summed E-state index contributed by atoms with van der Waals surface area (Å²) in [7, 11) is -1.98. The SMILES string of the molecule is C#CCN(C)S(=O)(=O)c1cc(C)ccc1C. The molecule has 3 nitrogen and oxygen atoms in total. The maximum absolute atomic E-state index is 12.1. The highest BCUT2D eigenvalue weighted by molar-refractivity contribution is 7.89. The molecule has 0 spiro atoms. The van der Waals surface area contributed by atoms with Gasteiger partial charge in [0.25, 0.3) is 0 Å². The van der Waals surface area contributed by atoms with Crippen LogP contribution in [0, 0.1) is 26.2 Å². The molecule has 0 radical (unpaired) electrons. The molecule has 4 heteroatoms. The van der Waals surface area contributed by atoms with E-state index in [1.54, 1.807) is 19.1 Å². The molecular formula is C12H15NO2S. The van der Waals surface area contributed by atoms with Crippen molar-refractivity contribution >= 4 is 10.0 Å². The number of terminal acetylenes is 1. The predicted molar refractivity (Wildman–Crippen MR) is 64.6 cm³/mol. The van der Waals surface area contributed by atoms with Gasteiger partial charge in [0.05, 0.1) is 11.4 Å². The molecule has 0 amide bonds. The Kier molecular flexibility index (Phi) is 3.74. The lowest BCUT2D eigenvalue weighted by molar-refractivity contribution is 0.502. The summed E-state index contributed by atoms with van der Waals surface area (Å²) in [6.45, 7) is 3.71. The molecule has 0 aliphatic rings. The Morgan fingerprint density at radius 3 is 2.56 bits per heavy atom. The van der Waals surface area contributed by atoms with E-state index in [0.717, 1.165) is 11.1 Å². The molecule has 1 aromatic carbocycles. The topological polar surface area (TPSA) is 37.4 Å². The van der Waals surface area contributed by atoms with Gasteiger partial charge < -0.3 is 0 Å². The van der Waals surface area contributed by atoms with Crippen LogP contribution in [0.5, 0.6) is 0 Å². The van der Waals surface area contributed by atoms with Crippen LogP contribution in [0.15, 0.2) is 23.1 Å². The standard InChI is InChI=1S/C12H15NO2S/c1-5-8-13(4)16(14,15)12-9-10(2)6-7-11(12)3/h1,6-7,9H,8H2,2-4H3. The second kappa shape index (κ2) is 4.69. The quantitative estimate of drug-likeness (QED) is 0.748. The minimum Gasteiger partial charge on any atom is -0.207 e. The zero-order chi connectivity index (χ0) is 12.3. The van der Waals surface area contributed by atoms with Gasteiger partial charge in [-0.15, -0.1) is 6.42 Å². The summed E-state index contributed by atoms with van der Waals surface area (Å²) in [5.74, 6) is 2.32. The second-order valence-electron chi connectivity index (χ2n) is 3.73. The van der Waals surface area contributed by atoms with Crippen molar-refractivity contribution < 1.29 is 8.42 Å². The Bertz CT molecular complexity index is 526. The van der Waals surface area contributed by atoms with Gasteiger partial charge in [-0.3, -0.25) is 0 Å². The van der Waals surface area contributed by atoms with Crippen molar-refractivity contribution in [3.8, 4) is 12.3 Å². The van der Waals surface area contributed by atoms with E-state index in [9.17, 15) is 8.42 Å². The molecule has 0 bridgehead atoms. The summed E-state index contributed by atoms with van der Waals surface area (Å²) in [6, 6.07) is 5.35. The Balaban J connectivity index is 3.28. The molecule has 0 heterocycles. The van der Waals surface area contributed by atoms with Crippen molar-refractivity contribution in [3.05, 3.63) is 29.3 Å². The van der Waals surface area contributed by atoms with Crippen LogP contribution >= 0.6 is 0 Å². The van der Waals surface area contributed by atoms with Gasteiger partial charge in [-0.1, -0.05) is 18.1 Å². The van der Waals surface area contributed by atoms with Gasteiger partial charge in [0, 0.05) is 7.05 Å². The van der Waals surface area contributed by atoms with Gasteiger partial charge in [0.15, 0.2) is 0 Å². The molecule has 0 atom stereocenters. The largest absolute Gasteiger partial charge is 0.243 e. The highest BCUT2D eigenvalue weighted by Gasteiger charge is 2.21. The van der Waals surface area contributed by atoms with Crippen molar-refractivity contribution in [1.82, 2.24) is 4.31 Å². The zero-order valence-corrected chi connectivity index (χ0v) is 10.5. The Morgan fingerprint density at radius 2 is 2.00 bits per heavy atom. The molecule has 0 aliphatic carbocycles. The fourth-order valence-electron chi connectivity index (χ4n) is 1.37. The minimum absolute atomic E-state index is 0.0791. The van der Waals surface area contributed by atoms with Gasteiger partial charge in [-0.25, -0.2) is 8.42 Å². The zero-order valence-electron chi connectivity index (χ0n) is 9.69. The lowest BCUT2D eigenvalue weighted by Crippen LogP contribution is -2.27. The van der Waals surface area contributed by atoms with Crippen LogP contribution in [0.25, 0.3) is 0 Å². The van der Waals surface area contributed by atoms with Gasteiger partial charge in [0.1, 0.15) is 0 Å². The molecule has 0 saturated carbocycles. The molecule has 16 heavy (non-hydrogen) atoms. The van der Waals surface area contributed by atoms with E-state index < -0.39 is 10.0 Å². The monoisotopic (exact) mass is 237 g/mol. The summed E-state index contributed by atoms with van der Waals surface area (Å²) in [6.07, 6.45) is 5.12. The molecule has 1 rings (SSSR count). The van der Waals surface area contributed by atoms with Crippen molar-refractivity contribution in [2.45, 2.75) is 18.7 Å². The molecule has 0 aliphatic heterocycles. The highest BCUT2D eigenvalue weighted by Crippen LogP contribution is 2.19. The fourth-order valence-corrected chi connectivity index (χ4v) is 2.76. The number of hydrogen-bond acceptors (Lipinski definition) is 2. The molecule has 0 unspecified atom stereocenters. The van der Waals surface area contributed by atoms with Gasteiger partial charge in [-0.2, -0.15) is 4.31 Å². The molecule has 0 aromatic heterocycles. The smallest absolute Gasteiger partial charge is 0.207 e. The van der Waals surface area contributed by atoms with Crippen LogP contribution in [0.4, 0.5) is 0 Å². The van der Waals surface area contributed by atoms with E-state index in [1.165, 1.54) is 11.4 Å². The average molecular weight is 237 g/mol. The van der Waals surface area contributed by atoms with Crippen LogP contribution < -0.4 is 0 Å². The minimum atomic E-state index is -3.46. The summed E-state index contributed by atoms with van der Waals surface area (Å²) in [5.41, 5.74) is 1.65. The highest BCUT2D eigenvalue weighted by atomic mass is 32.2. The number of benzene rings is 1. The van der Waals surface area contributed by atoms with Crippen LogP contribution in [0.2, 0.25) is 0 Å². The third-order valence-corrected chi connectivity index (χ3v) is 4.29. The first-order chi connectivity index (χ1) is 7.39. The predicted octanol–water partition coefficient (Wildman–Crippen LogP) is 1.56. The molecule has 86 valence electrons. The number of rotatable bonds is 3. The van der Waals surface area contributed by atoms with Gasteiger partial charge in [-0.05, 0) is 31.0 Å². The van der Waals surface area contributed by atoms with Crippen molar-refractivity contribution in [1.29, 1.82) is 0 Å². The maximum Gasteiger partial charge on any atom is 0.243 e. The number of sulfonamides is 1. The average Bonchev–Trinajstić information content (AvgIpc) is 2.22. The molecule has 0 saturated heterocycles. The van der Waals surface area contributed by atoms with Gasteiger partial charge >= 0.3 is 0 Å². The Hall–Kier alpha value is -1.31. The molecule has 0 N–H and O–H groups in total. The number of nitrogens with zero attached hydrogens (tertiary/aromatic N) is 1. The first kappa shape index (κ1) is 12.8. The van der Waals surface area contributed by atoms with E-state index in [1.807, 2.05) is 13.0 Å². The fraction of sp³-hybridized carbons (Fsp3) is 0.333. The molecule has 1 aromatic rings. The third-order valence-electron chi connectivity index (χ3n) is 2.35. The summed E-state index contributed by atoms with van der Waals surface area (Å²) >= 11 is 0. The second-order valence-corrected chi connectivity index (χ2v) is 5.75. The first-order valence-electron chi connectivity index (χ1n) is 4.86.